The van der Waals surface area contributed by atoms with Gasteiger partial charge in [-0.05, 0) is 48.7 Å². The van der Waals surface area contributed by atoms with E-state index in [1.807, 2.05) is 13.0 Å². The zero-order valence-electron chi connectivity index (χ0n) is 25.2. The minimum atomic E-state index is -3.14. The van der Waals surface area contributed by atoms with Gasteiger partial charge in [-0.25, -0.2) is 22.2 Å². The zero-order valence-corrected chi connectivity index (χ0v) is 26.0. The molecule has 4 aromatic rings. The van der Waals surface area contributed by atoms with Gasteiger partial charge in [0.05, 0.1) is 64.6 Å². The number of nitrogens with zero attached hydrogens (tertiary/aromatic N) is 5. The van der Waals surface area contributed by atoms with E-state index in [1.165, 1.54) is 29.0 Å². The SMILES string of the molecule is C[C@H]1CN(c2ccncc2Nc2ncc3ccc(-c4c(F)cc(C5(O)CCCC5)cc4F)nn23)C[C@@H](N)[C@H]1OCCS(C)(=O)=O. The highest BCUT2D eigenvalue weighted by atomic mass is 32.2. The molecule has 6 rings (SSSR count). The molecule has 0 radical (unpaired) electrons. The second-order valence-corrected chi connectivity index (χ2v) is 14.5. The third-order valence-corrected chi connectivity index (χ3v) is 9.63. The summed E-state index contributed by atoms with van der Waals surface area (Å²) in [6.07, 6.45) is 8.35. The van der Waals surface area contributed by atoms with Gasteiger partial charge in [-0.15, -0.1) is 0 Å². The summed E-state index contributed by atoms with van der Waals surface area (Å²) in [6.45, 7) is 3.16. The van der Waals surface area contributed by atoms with E-state index in [0.29, 0.717) is 43.1 Å². The van der Waals surface area contributed by atoms with Crippen LogP contribution in [0.25, 0.3) is 16.8 Å². The van der Waals surface area contributed by atoms with E-state index >= 15 is 8.78 Å². The number of halogens is 2. The normalized spacial score (nSPS) is 21.8. The van der Waals surface area contributed by atoms with E-state index in [4.69, 9.17) is 10.5 Å². The van der Waals surface area contributed by atoms with E-state index in [2.05, 4.69) is 25.3 Å². The molecule has 1 saturated heterocycles. The maximum Gasteiger partial charge on any atom is 0.229 e. The van der Waals surface area contributed by atoms with Crippen LogP contribution in [0.1, 0.15) is 38.2 Å². The molecule has 1 aliphatic heterocycles. The predicted octanol–water partition coefficient (Wildman–Crippen LogP) is 3.79. The molecule has 2 aliphatic rings. The van der Waals surface area contributed by atoms with Crippen molar-refractivity contribution in [2.24, 2.45) is 11.7 Å². The molecule has 0 unspecified atom stereocenters. The van der Waals surface area contributed by atoms with E-state index in [9.17, 15) is 13.5 Å². The number of hydrogen-bond acceptors (Lipinski definition) is 10. The molecular formula is C31H37F2N7O4S. The highest BCUT2D eigenvalue weighted by molar-refractivity contribution is 7.90. The van der Waals surface area contributed by atoms with Gasteiger partial charge in [-0.3, -0.25) is 4.98 Å². The summed E-state index contributed by atoms with van der Waals surface area (Å²) < 4.78 is 61.2. The second-order valence-electron chi connectivity index (χ2n) is 12.2. The molecule has 3 atom stereocenters. The number of fused-ring (bicyclic) bond motifs is 1. The largest absolute Gasteiger partial charge is 0.385 e. The van der Waals surface area contributed by atoms with E-state index < -0.39 is 27.1 Å². The lowest BCUT2D eigenvalue weighted by Crippen LogP contribution is -2.57. The molecule has 1 aliphatic carbocycles. The summed E-state index contributed by atoms with van der Waals surface area (Å²) in [4.78, 5) is 10.8. The average molecular weight is 642 g/mol. The van der Waals surface area contributed by atoms with E-state index in [1.54, 1.807) is 24.7 Å². The summed E-state index contributed by atoms with van der Waals surface area (Å²) >= 11 is 0. The molecule has 3 aromatic heterocycles. The fourth-order valence-corrected chi connectivity index (χ4v) is 6.84. The van der Waals surface area contributed by atoms with Crippen LogP contribution in [0.2, 0.25) is 0 Å². The van der Waals surface area contributed by atoms with Gasteiger partial charge in [-0.2, -0.15) is 9.61 Å². The van der Waals surface area contributed by atoms with Gasteiger partial charge >= 0.3 is 0 Å². The first-order valence-corrected chi connectivity index (χ1v) is 17.1. The van der Waals surface area contributed by atoms with Crippen LogP contribution in [0.5, 0.6) is 0 Å². The van der Waals surface area contributed by atoms with Crippen molar-refractivity contribution < 1.29 is 27.0 Å². The number of anilines is 3. The molecule has 1 aromatic carbocycles. The van der Waals surface area contributed by atoms with Crippen LogP contribution in [-0.2, 0) is 20.2 Å². The number of nitrogens with one attached hydrogen (secondary N) is 1. The molecule has 11 nitrogen and oxygen atoms in total. The van der Waals surface area contributed by atoms with Crippen molar-refractivity contribution in [2.75, 3.05) is 41.9 Å². The number of nitrogens with two attached hydrogens (primary N) is 1. The Morgan fingerprint density at radius 3 is 2.56 bits per heavy atom. The molecule has 0 amide bonds. The number of benzene rings is 1. The molecule has 2 fully saturated rings. The molecule has 45 heavy (non-hydrogen) atoms. The molecule has 4 heterocycles. The third kappa shape index (κ3) is 6.50. The van der Waals surface area contributed by atoms with Crippen molar-refractivity contribution >= 4 is 32.7 Å². The number of sulfone groups is 1. The number of piperidine rings is 1. The summed E-state index contributed by atoms with van der Waals surface area (Å²) in [5, 5.41) is 18.7. The van der Waals surface area contributed by atoms with Crippen LogP contribution < -0.4 is 16.0 Å². The maximum absolute atomic E-state index is 15.4. The monoisotopic (exact) mass is 641 g/mol. The lowest BCUT2D eigenvalue weighted by Gasteiger charge is -2.42. The van der Waals surface area contributed by atoms with Crippen molar-refractivity contribution in [3.05, 3.63) is 66.1 Å². The summed E-state index contributed by atoms with van der Waals surface area (Å²) in [5.74, 6) is -1.33. The van der Waals surface area contributed by atoms with Crippen LogP contribution in [-0.4, -0.2) is 77.0 Å². The van der Waals surface area contributed by atoms with Crippen LogP contribution in [0, 0.1) is 17.6 Å². The lowest BCUT2D eigenvalue weighted by atomic mass is 9.90. The second kappa shape index (κ2) is 12.2. The van der Waals surface area contributed by atoms with Crippen molar-refractivity contribution in [3.63, 3.8) is 0 Å². The summed E-state index contributed by atoms with van der Waals surface area (Å²) in [5.41, 5.74) is 7.36. The van der Waals surface area contributed by atoms with Crippen molar-refractivity contribution in [1.82, 2.24) is 19.6 Å². The number of imidazole rings is 1. The number of aliphatic hydroxyl groups is 1. The van der Waals surface area contributed by atoms with Crippen LogP contribution in [0.3, 0.4) is 0 Å². The number of hydrogen-bond donors (Lipinski definition) is 3. The molecule has 1 saturated carbocycles. The number of pyridine rings is 1. The topological polar surface area (TPSA) is 148 Å². The van der Waals surface area contributed by atoms with E-state index in [0.717, 1.165) is 18.5 Å². The smallest absolute Gasteiger partial charge is 0.229 e. The molecular weight excluding hydrogens is 604 g/mol. The van der Waals surface area contributed by atoms with Gasteiger partial charge in [0.25, 0.3) is 0 Å². The zero-order chi connectivity index (χ0) is 31.9. The Kier molecular flexibility index (Phi) is 8.50. The van der Waals surface area contributed by atoms with Gasteiger partial charge in [0, 0.05) is 37.5 Å². The van der Waals surface area contributed by atoms with Crippen molar-refractivity contribution in [3.8, 4) is 11.3 Å². The number of rotatable bonds is 9. The van der Waals surface area contributed by atoms with E-state index in [-0.39, 0.29) is 47.2 Å². The Labute approximate surface area is 260 Å². The van der Waals surface area contributed by atoms with Gasteiger partial charge in [0.2, 0.25) is 5.95 Å². The Hall–Kier alpha value is -3.72. The Morgan fingerprint density at radius 1 is 1.13 bits per heavy atom. The Morgan fingerprint density at radius 2 is 1.87 bits per heavy atom. The minimum Gasteiger partial charge on any atom is -0.385 e. The van der Waals surface area contributed by atoms with Crippen molar-refractivity contribution in [2.45, 2.75) is 50.4 Å². The van der Waals surface area contributed by atoms with Crippen LogP contribution in [0.4, 0.5) is 26.1 Å². The summed E-state index contributed by atoms with van der Waals surface area (Å²) in [7, 11) is -3.14. The quantitative estimate of drug-likeness (QED) is 0.247. The molecule has 0 spiro atoms. The summed E-state index contributed by atoms with van der Waals surface area (Å²) in [6, 6.07) is 7.11. The molecule has 240 valence electrons. The Bertz CT molecular complexity index is 1780. The average Bonchev–Trinajstić information content (AvgIpc) is 3.60. The molecule has 0 bridgehead atoms. The first-order chi connectivity index (χ1) is 21.4. The molecule has 4 N–H and O–H groups in total. The fraction of sp³-hybridized carbons (Fsp3) is 0.452. The van der Waals surface area contributed by atoms with Gasteiger partial charge in [0.15, 0.2) is 0 Å². The fourth-order valence-electron chi connectivity index (χ4n) is 6.44. The van der Waals surface area contributed by atoms with Gasteiger partial charge in [0.1, 0.15) is 21.5 Å². The van der Waals surface area contributed by atoms with Crippen LogP contribution >= 0.6 is 0 Å². The highest BCUT2D eigenvalue weighted by Crippen LogP contribution is 2.40. The minimum absolute atomic E-state index is 0.0105. The number of ether oxygens (including phenoxy) is 1. The third-order valence-electron chi connectivity index (χ3n) is 8.72. The van der Waals surface area contributed by atoms with Crippen LogP contribution in [0.15, 0.2) is 48.9 Å². The lowest BCUT2D eigenvalue weighted by molar-refractivity contribution is 0.00183. The highest BCUT2D eigenvalue weighted by Gasteiger charge is 2.36. The Balaban J connectivity index is 1.24. The van der Waals surface area contributed by atoms with Gasteiger partial charge < -0.3 is 25.8 Å². The standard InChI is InChI=1S/C31H37F2N7O4S/c1-19-17-39(18-24(34)29(19)44-11-12-45(2,42)43)27-7-10-35-16-26(27)37-30-36-15-21-5-6-25(38-40(21)30)28-22(32)13-20(14-23(28)33)31(41)8-3-4-9-31/h5-7,10,13-16,19,24,29,41H,3-4,8-9,11-12,17-18,34H2,1-2H3,(H,36,37)/t19-,24+,29-/m0/s1. The maximum atomic E-state index is 15.4. The van der Waals surface area contributed by atoms with Crippen molar-refractivity contribution in [1.29, 1.82) is 0 Å². The first-order valence-electron chi connectivity index (χ1n) is 15.0. The first kappa shape index (κ1) is 31.3. The van der Waals surface area contributed by atoms with Gasteiger partial charge in [-0.1, -0.05) is 19.8 Å². The number of aromatic nitrogens is 4. The predicted molar refractivity (Wildman–Crippen MR) is 167 cm³/mol. The molecule has 14 heteroatoms.